The SMILES string of the molecule is CCCCC1CCC(c2ccc(Cc3nc(-c4ccc(C)nc4)cc4c3C(=O)CC=C4)cc2C)CC1.[HH].[HH]. The molecule has 190 valence electrons. The second-order valence-corrected chi connectivity index (χ2v) is 10.9. The fourth-order valence-corrected chi connectivity index (χ4v) is 6.12. The van der Waals surface area contributed by atoms with Gasteiger partial charge in [-0.05, 0) is 91.8 Å². The molecule has 0 saturated heterocycles. The first-order chi connectivity index (χ1) is 17.5. The summed E-state index contributed by atoms with van der Waals surface area (Å²) in [5, 5.41) is 0. The lowest BCUT2D eigenvalue weighted by atomic mass is 9.76. The number of aryl methyl sites for hydroxylation is 2. The Morgan fingerprint density at radius 1 is 1.03 bits per heavy atom. The van der Waals surface area contributed by atoms with Crippen LogP contribution in [0.4, 0.5) is 0 Å². The summed E-state index contributed by atoms with van der Waals surface area (Å²) in [6.07, 6.45) is 16.5. The molecule has 36 heavy (non-hydrogen) atoms. The van der Waals surface area contributed by atoms with Crippen LogP contribution in [0.2, 0.25) is 0 Å². The summed E-state index contributed by atoms with van der Waals surface area (Å²) in [4.78, 5) is 22.4. The maximum absolute atomic E-state index is 12.9. The number of rotatable bonds is 7. The van der Waals surface area contributed by atoms with E-state index in [1.807, 2.05) is 31.3 Å². The molecule has 2 heterocycles. The molecule has 2 aliphatic rings. The molecule has 0 atom stereocenters. The van der Waals surface area contributed by atoms with E-state index in [4.69, 9.17) is 4.98 Å². The Hall–Kier alpha value is -3.07. The van der Waals surface area contributed by atoms with Gasteiger partial charge in [-0.2, -0.15) is 0 Å². The number of ketones is 1. The van der Waals surface area contributed by atoms with Crippen molar-refractivity contribution >= 4 is 11.9 Å². The molecule has 1 fully saturated rings. The van der Waals surface area contributed by atoms with Gasteiger partial charge in [0.1, 0.15) is 0 Å². The van der Waals surface area contributed by atoms with E-state index in [2.05, 4.69) is 49.2 Å². The monoisotopic (exact) mass is 482 g/mol. The van der Waals surface area contributed by atoms with Crippen molar-refractivity contribution in [3.63, 3.8) is 0 Å². The normalized spacial score (nSPS) is 19.4. The summed E-state index contributed by atoms with van der Waals surface area (Å²) >= 11 is 0. The predicted octanol–water partition coefficient (Wildman–Crippen LogP) is 8.91. The highest BCUT2D eigenvalue weighted by Crippen LogP contribution is 2.39. The largest absolute Gasteiger partial charge is 0.294 e. The molecule has 0 amide bonds. The van der Waals surface area contributed by atoms with Gasteiger partial charge in [0.05, 0.1) is 11.4 Å². The van der Waals surface area contributed by atoms with E-state index in [9.17, 15) is 4.79 Å². The van der Waals surface area contributed by atoms with Gasteiger partial charge in [0.25, 0.3) is 0 Å². The summed E-state index contributed by atoms with van der Waals surface area (Å²) in [7, 11) is 0. The van der Waals surface area contributed by atoms with E-state index in [1.54, 1.807) is 0 Å². The van der Waals surface area contributed by atoms with Gasteiger partial charge < -0.3 is 0 Å². The Labute approximate surface area is 219 Å². The Morgan fingerprint density at radius 2 is 1.86 bits per heavy atom. The number of hydrogen-bond donors (Lipinski definition) is 0. The topological polar surface area (TPSA) is 42.9 Å². The highest BCUT2D eigenvalue weighted by atomic mass is 16.1. The fraction of sp³-hybridized carbons (Fsp3) is 0.424. The third-order valence-electron chi connectivity index (χ3n) is 8.17. The lowest BCUT2D eigenvalue weighted by Crippen LogP contribution is -2.14. The van der Waals surface area contributed by atoms with Gasteiger partial charge in [-0.15, -0.1) is 0 Å². The smallest absolute Gasteiger partial charge is 0.169 e. The first-order valence-corrected chi connectivity index (χ1v) is 13.8. The quantitative estimate of drug-likeness (QED) is 0.337. The molecule has 0 bridgehead atoms. The summed E-state index contributed by atoms with van der Waals surface area (Å²) in [6.45, 7) is 6.54. The Balaban J connectivity index is 0.00000200. The zero-order chi connectivity index (χ0) is 25.1. The molecule has 5 rings (SSSR count). The average Bonchev–Trinajstić information content (AvgIpc) is 2.88. The number of aromatic nitrogens is 2. The third kappa shape index (κ3) is 5.36. The van der Waals surface area contributed by atoms with Gasteiger partial charge in [0.15, 0.2) is 5.78 Å². The Bertz CT molecular complexity index is 1270. The van der Waals surface area contributed by atoms with Crippen molar-refractivity contribution in [2.75, 3.05) is 0 Å². The van der Waals surface area contributed by atoms with E-state index < -0.39 is 0 Å². The zero-order valence-electron chi connectivity index (χ0n) is 22.0. The van der Waals surface area contributed by atoms with E-state index in [0.717, 1.165) is 39.7 Å². The number of allylic oxidation sites excluding steroid dienone is 1. The summed E-state index contributed by atoms with van der Waals surface area (Å²) in [5.41, 5.74) is 9.60. The van der Waals surface area contributed by atoms with Crippen LogP contribution in [-0.4, -0.2) is 15.8 Å². The van der Waals surface area contributed by atoms with Crippen LogP contribution in [0.1, 0.15) is 111 Å². The fourth-order valence-electron chi connectivity index (χ4n) is 6.12. The molecule has 0 radical (unpaired) electrons. The number of pyridine rings is 2. The molecule has 0 aliphatic heterocycles. The second kappa shape index (κ2) is 10.9. The average molecular weight is 483 g/mol. The van der Waals surface area contributed by atoms with Gasteiger partial charge in [-0.25, -0.2) is 0 Å². The van der Waals surface area contributed by atoms with Crippen molar-refractivity contribution in [1.29, 1.82) is 0 Å². The van der Waals surface area contributed by atoms with E-state index >= 15 is 0 Å². The molecule has 0 N–H and O–H groups in total. The third-order valence-corrected chi connectivity index (χ3v) is 8.17. The summed E-state index contributed by atoms with van der Waals surface area (Å²) < 4.78 is 0. The maximum Gasteiger partial charge on any atom is 0.169 e. The van der Waals surface area contributed by atoms with E-state index in [0.29, 0.717) is 18.8 Å². The number of nitrogens with zero attached hydrogens (tertiary/aromatic N) is 2. The molecule has 1 saturated carbocycles. The van der Waals surface area contributed by atoms with Crippen molar-refractivity contribution < 1.29 is 7.65 Å². The highest BCUT2D eigenvalue weighted by Gasteiger charge is 2.24. The molecule has 2 aliphatic carbocycles. The molecular weight excluding hydrogens is 440 g/mol. The van der Waals surface area contributed by atoms with Crippen molar-refractivity contribution in [3.05, 3.63) is 87.9 Å². The van der Waals surface area contributed by atoms with Crippen LogP contribution >= 0.6 is 0 Å². The first-order valence-electron chi connectivity index (χ1n) is 13.8. The van der Waals surface area contributed by atoms with E-state index in [1.165, 1.54) is 61.6 Å². The number of fused-ring (bicyclic) bond motifs is 1. The van der Waals surface area contributed by atoms with Crippen LogP contribution in [0.15, 0.2) is 48.7 Å². The lowest BCUT2D eigenvalue weighted by Gasteiger charge is -2.30. The molecule has 2 aromatic heterocycles. The van der Waals surface area contributed by atoms with Crippen molar-refractivity contribution in [2.24, 2.45) is 5.92 Å². The minimum Gasteiger partial charge on any atom is -0.294 e. The van der Waals surface area contributed by atoms with Crippen molar-refractivity contribution in [2.45, 2.75) is 84.5 Å². The van der Waals surface area contributed by atoms with Crippen LogP contribution in [-0.2, 0) is 6.42 Å². The molecule has 1 aromatic carbocycles. The number of carbonyl (C=O) groups excluding carboxylic acids is 1. The minimum atomic E-state index is 0. The van der Waals surface area contributed by atoms with Gasteiger partial charge in [-0.3, -0.25) is 14.8 Å². The van der Waals surface area contributed by atoms with E-state index in [-0.39, 0.29) is 8.64 Å². The predicted molar refractivity (Wildman–Crippen MR) is 153 cm³/mol. The Kier molecular flexibility index (Phi) is 7.46. The number of carbonyl (C=O) groups is 1. The number of Topliss-reactive ketones (excluding diaryl/α,β-unsaturated/α-hetero) is 1. The molecule has 0 unspecified atom stereocenters. The van der Waals surface area contributed by atoms with Crippen LogP contribution < -0.4 is 0 Å². The Morgan fingerprint density at radius 3 is 2.58 bits per heavy atom. The lowest BCUT2D eigenvalue weighted by molar-refractivity contribution is 0.0993. The number of hydrogen-bond acceptors (Lipinski definition) is 3. The van der Waals surface area contributed by atoms with Gasteiger partial charge in [-0.1, -0.05) is 56.5 Å². The van der Waals surface area contributed by atoms with Crippen LogP contribution in [0, 0.1) is 19.8 Å². The summed E-state index contributed by atoms with van der Waals surface area (Å²) in [5.74, 6) is 1.78. The highest BCUT2D eigenvalue weighted by molar-refractivity contribution is 6.04. The van der Waals surface area contributed by atoms with Gasteiger partial charge >= 0.3 is 0 Å². The molecule has 3 nitrogen and oxygen atoms in total. The molecule has 3 heteroatoms. The maximum atomic E-state index is 12.9. The van der Waals surface area contributed by atoms with Crippen LogP contribution in [0.3, 0.4) is 0 Å². The number of unbranched alkanes of at least 4 members (excludes halogenated alkanes) is 1. The molecular formula is C33H42N2O. The van der Waals surface area contributed by atoms with Crippen molar-refractivity contribution in [1.82, 2.24) is 9.97 Å². The minimum absolute atomic E-state index is 0. The van der Waals surface area contributed by atoms with Gasteiger partial charge in [0.2, 0.25) is 0 Å². The number of benzene rings is 1. The van der Waals surface area contributed by atoms with Crippen molar-refractivity contribution in [3.8, 4) is 11.3 Å². The van der Waals surface area contributed by atoms with Gasteiger partial charge in [0, 0.05) is 38.7 Å². The standard InChI is InChI=1S/C33H38N2O.2H2/c1-4-5-7-24-11-15-26(16-12-24)29-17-13-25(18-22(29)2)19-31-33-27(8-6-9-32(33)36)20-30(35-31)28-14-10-23(3)34-21-28;;/h6,8,10,13-14,17-18,20-21,24,26H,4-5,7,9,11-12,15-16,19H2,1-3H3;2*1H. The summed E-state index contributed by atoms with van der Waals surface area (Å²) in [6, 6.07) is 13.0. The molecule has 0 spiro atoms. The zero-order valence-corrected chi connectivity index (χ0v) is 22.0. The van der Waals surface area contributed by atoms with Crippen LogP contribution in [0.5, 0.6) is 0 Å². The first kappa shape index (κ1) is 24.6. The molecule has 3 aromatic rings. The van der Waals surface area contributed by atoms with Crippen LogP contribution in [0.25, 0.3) is 17.3 Å². The second-order valence-electron chi connectivity index (χ2n) is 10.9.